The largest absolute Gasteiger partial charge is 0.324 e. The summed E-state index contributed by atoms with van der Waals surface area (Å²) in [6, 6.07) is 2.17. The van der Waals surface area contributed by atoms with Gasteiger partial charge in [-0.1, -0.05) is 13.8 Å². The third-order valence-corrected chi connectivity index (χ3v) is 2.43. The highest BCUT2D eigenvalue weighted by atomic mass is 14.7. The van der Waals surface area contributed by atoms with Gasteiger partial charge in [0.1, 0.15) is 0 Å². The van der Waals surface area contributed by atoms with E-state index in [2.05, 4.69) is 24.9 Å². The Labute approximate surface area is 86.5 Å². The predicted octanol–water partition coefficient (Wildman–Crippen LogP) is 2.69. The average molecular weight is 192 g/mol. The Bertz CT molecular complexity index is 279. The fourth-order valence-electron chi connectivity index (χ4n) is 1.52. The number of aryl methyl sites for hydroxylation is 1. The molecule has 0 saturated carbocycles. The van der Waals surface area contributed by atoms with Gasteiger partial charge in [0.25, 0.3) is 0 Å². The van der Waals surface area contributed by atoms with Crippen LogP contribution in [0, 0.1) is 5.92 Å². The maximum absolute atomic E-state index is 5.88. The van der Waals surface area contributed by atoms with E-state index in [4.69, 9.17) is 5.73 Å². The molecule has 0 radical (unpaired) electrons. The minimum Gasteiger partial charge on any atom is -0.324 e. The Balaban J connectivity index is 2.74. The molecule has 0 aliphatic heterocycles. The van der Waals surface area contributed by atoms with Crippen LogP contribution in [0.25, 0.3) is 0 Å². The molecular formula is C12H20N2. The standard InChI is InChI=1S/C12H20N2/c1-9(2)4-5-11-6-7-14-8-12(11)10(3)13/h6-10H,4-5,13H2,1-3H3. The van der Waals surface area contributed by atoms with E-state index in [0.29, 0.717) is 0 Å². The van der Waals surface area contributed by atoms with Gasteiger partial charge in [-0.05, 0) is 42.9 Å². The molecule has 2 heteroatoms. The van der Waals surface area contributed by atoms with Crippen molar-refractivity contribution in [1.29, 1.82) is 0 Å². The molecular weight excluding hydrogens is 172 g/mol. The van der Waals surface area contributed by atoms with Crippen LogP contribution in [0.1, 0.15) is 44.4 Å². The number of hydrogen-bond donors (Lipinski definition) is 1. The molecule has 2 nitrogen and oxygen atoms in total. The van der Waals surface area contributed by atoms with Gasteiger partial charge < -0.3 is 5.73 Å². The number of aromatic nitrogens is 1. The molecule has 1 unspecified atom stereocenters. The van der Waals surface area contributed by atoms with Crippen molar-refractivity contribution in [1.82, 2.24) is 4.98 Å². The van der Waals surface area contributed by atoms with E-state index < -0.39 is 0 Å². The van der Waals surface area contributed by atoms with Gasteiger partial charge in [0.15, 0.2) is 0 Å². The summed E-state index contributed by atoms with van der Waals surface area (Å²) in [5.74, 6) is 0.740. The normalized spacial score (nSPS) is 13.2. The van der Waals surface area contributed by atoms with Crippen LogP contribution in [0.2, 0.25) is 0 Å². The van der Waals surface area contributed by atoms with Crippen LogP contribution in [0.4, 0.5) is 0 Å². The van der Waals surface area contributed by atoms with Crippen LogP contribution in [-0.2, 0) is 6.42 Å². The lowest BCUT2D eigenvalue weighted by atomic mass is 9.97. The number of pyridine rings is 1. The van der Waals surface area contributed by atoms with Crippen LogP contribution in [0.5, 0.6) is 0 Å². The number of rotatable bonds is 4. The van der Waals surface area contributed by atoms with Gasteiger partial charge in [0, 0.05) is 18.4 Å². The summed E-state index contributed by atoms with van der Waals surface area (Å²) in [5.41, 5.74) is 8.42. The van der Waals surface area contributed by atoms with Crippen molar-refractivity contribution in [3.05, 3.63) is 29.6 Å². The fourth-order valence-corrected chi connectivity index (χ4v) is 1.52. The Morgan fingerprint density at radius 3 is 2.64 bits per heavy atom. The summed E-state index contributed by atoms with van der Waals surface area (Å²) in [6.45, 7) is 6.50. The highest BCUT2D eigenvalue weighted by Gasteiger charge is 2.06. The van der Waals surface area contributed by atoms with Gasteiger partial charge in [-0.2, -0.15) is 0 Å². The monoisotopic (exact) mass is 192 g/mol. The Morgan fingerprint density at radius 2 is 2.07 bits per heavy atom. The molecule has 1 heterocycles. The number of hydrogen-bond acceptors (Lipinski definition) is 2. The minimum absolute atomic E-state index is 0.0888. The minimum atomic E-state index is 0.0888. The molecule has 0 saturated heterocycles. The van der Waals surface area contributed by atoms with E-state index in [1.54, 1.807) is 0 Å². The number of nitrogens with zero attached hydrogens (tertiary/aromatic N) is 1. The first kappa shape index (κ1) is 11.2. The van der Waals surface area contributed by atoms with Gasteiger partial charge in [0.2, 0.25) is 0 Å². The lowest BCUT2D eigenvalue weighted by molar-refractivity contribution is 0.582. The molecule has 0 fully saturated rings. The zero-order valence-corrected chi connectivity index (χ0v) is 9.33. The highest BCUT2D eigenvalue weighted by Crippen LogP contribution is 2.17. The molecule has 0 aliphatic rings. The summed E-state index contributed by atoms with van der Waals surface area (Å²) in [5, 5.41) is 0. The molecule has 0 aromatic carbocycles. The summed E-state index contributed by atoms with van der Waals surface area (Å²) >= 11 is 0. The van der Waals surface area contributed by atoms with Gasteiger partial charge in [-0.25, -0.2) is 0 Å². The first-order valence-corrected chi connectivity index (χ1v) is 5.29. The SMILES string of the molecule is CC(C)CCc1ccncc1C(C)N. The topological polar surface area (TPSA) is 38.9 Å². The molecule has 0 bridgehead atoms. The number of nitrogens with two attached hydrogens (primary N) is 1. The Kier molecular flexibility index (Phi) is 4.08. The molecule has 0 spiro atoms. The van der Waals surface area contributed by atoms with Crippen molar-refractivity contribution in [3.8, 4) is 0 Å². The molecule has 1 atom stereocenters. The maximum atomic E-state index is 5.88. The van der Waals surface area contributed by atoms with E-state index in [1.807, 2.05) is 19.3 Å². The van der Waals surface area contributed by atoms with Crippen LogP contribution >= 0.6 is 0 Å². The van der Waals surface area contributed by atoms with Gasteiger partial charge in [-0.3, -0.25) is 4.98 Å². The summed E-state index contributed by atoms with van der Waals surface area (Å²) < 4.78 is 0. The molecule has 14 heavy (non-hydrogen) atoms. The third kappa shape index (κ3) is 3.11. The van der Waals surface area contributed by atoms with Crippen molar-refractivity contribution in [2.45, 2.75) is 39.7 Å². The average Bonchev–Trinajstić information content (AvgIpc) is 2.15. The Hall–Kier alpha value is -0.890. The molecule has 1 rings (SSSR count). The first-order chi connectivity index (χ1) is 6.61. The van der Waals surface area contributed by atoms with Crippen molar-refractivity contribution in [2.24, 2.45) is 11.7 Å². The van der Waals surface area contributed by atoms with Crippen LogP contribution in [-0.4, -0.2) is 4.98 Å². The zero-order valence-electron chi connectivity index (χ0n) is 9.33. The van der Waals surface area contributed by atoms with Gasteiger partial charge >= 0.3 is 0 Å². The predicted molar refractivity (Wildman–Crippen MR) is 60.0 cm³/mol. The highest BCUT2D eigenvalue weighted by molar-refractivity contribution is 5.25. The zero-order chi connectivity index (χ0) is 10.6. The van der Waals surface area contributed by atoms with E-state index in [0.717, 1.165) is 12.3 Å². The smallest absolute Gasteiger partial charge is 0.0318 e. The van der Waals surface area contributed by atoms with E-state index >= 15 is 0 Å². The molecule has 78 valence electrons. The van der Waals surface area contributed by atoms with Crippen LogP contribution < -0.4 is 5.73 Å². The summed E-state index contributed by atoms with van der Waals surface area (Å²) in [4.78, 5) is 4.11. The quantitative estimate of drug-likeness (QED) is 0.796. The maximum Gasteiger partial charge on any atom is 0.0318 e. The lowest BCUT2D eigenvalue weighted by Crippen LogP contribution is -2.09. The van der Waals surface area contributed by atoms with Crippen LogP contribution in [0.3, 0.4) is 0 Å². The van der Waals surface area contributed by atoms with Crippen molar-refractivity contribution in [2.75, 3.05) is 0 Å². The lowest BCUT2D eigenvalue weighted by Gasteiger charge is -2.12. The first-order valence-electron chi connectivity index (χ1n) is 5.29. The molecule has 2 N–H and O–H groups in total. The summed E-state index contributed by atoms with van der Waals surface area (Å²) in [7, 11) is 0. The molecule has 0 aliphatic carbocycles. The van der Waals surface area contributed by atoms with E-state index in [-0.39, 0.29) is 6.04 Å². The second kappa shape index (κ2) is 5.11. The molecule has 1 aromatic heterocycles. The van der Waals surface area contributed by atoms with Crippen molar-refractivity contribution >= 4 is 0 Å². The third-order valence-electron chi connectivity index (χ3n) is 2.43. The van der Waals surface area contributed by atoms with Gasteiger partial charge in [-0.15, -0.1) is 0 Å². The molecule has 1 aromatic rings. The van der Waals surface area contributed by atoms with Crippen molar-refractivity contribution < 1.29 is 0 Å². The van der Waals surface area contributed by atoms with Crippen molar-refractivity contribution in [3.63, 3.8) is 0 Å². The van der Waals surface area contributed by atoms with Gasteiger partial charge in [0.05, 0.1) is 0 Å². The van der Waals surface area contributed by atoms with E-state index in [9.17, 15) is 0 Å². The van der Waals surface area contributed by atoms with Crippen LogP contribution in [0.15, 0.2) is 18.5 Å². The fraction of sp³-hybridized carbons (Fsp3) is 0.583. The van der Waals surface area contributed by atoms with E-state index in [1.165, 1.54) is 17.5 Å². The second-order valence-corrected chi connectivity index (χ2v) is 4.30. The Morgan fingerprint density at radius 1 is 1.36 bits per heavy atom. The summed E-state index contributed by atoms with van der Waals surface area (Å²) in [6.07, 6.45) is 6.06. The molecule has 0 amide bonds. The second-order valence-electron chi connectivity index (χ2n) is 4.30.